The molecule has 3 aromatic carbocycles. The third-order valence-corrected chi connectivity index (χ3v) is 3.99. The van der Waals surface area contributed by atoms with Gasteiger partial charge in [0, 0.05) is 16.9 Å². The van der Waals surface area contributed by atoms with E-state index in [1.165, 1.54) is 5.56 Å². The Morgan fingerprint density at radius 3 is 2.52 bits per heavy atom. The van der Waals surface area contributed by atoms with Gasteiger partial charge in [-0.1, -0.05) is 35.4 Å². The molecule has 0 saturated carbocycles. The van der Waals surface area contributed by atoms with Gasteiger partial charge in [0.25, 0.3) is 5.91 Å². The highest BCUT2D eigenvalue weighted by molar-refractivity contribution is 6.30. The summed E-state index contributed by atoms with van der Waals surface area (Å²) < 4.78 is 5.51. The third kappa shape index (κ3) is 5.97. The van der Waals surface area contributed by atoms with Gasteiger partial charge in [0.05, 0.1) is 5.69 Å². The smallest absolute Gasteiger partial charge is 0.262 e. The van der Waals surface area contributed by atoms with E-state index in [9.17, 15) is 4.79 Å². The molecule has 3 aromatic rings. The molecule has 0 saturated heterocycles. The van der Waals surface area contributed by atoms with Crippen LogP contribution in [-0.2, 0) is 4.79 Å². The molecule has 3 rings (SSSR count). The fraction of sp³-hybridized carbons (Fsp3) is 0.0909. The van der Waals surface area contributed by atoms with Crippen LogP contribution in [-0.4, -0.2) is 18.7 Å². The van der Waals surface area contributed by atoms with Gasteiger partial charge in [0.1, 0.15) is 5.75 Å². The first-order chi connectivity index (χ1) is 13.1. The maximum absolute atomic E-state index is 11.9. The number of hydrogen-bond donors (Lipinski definition) is 1. The van der Waals surface area contributed by atoms with Crippen molar-refractivity contribution in [3.63, 3.8) is 0 Å². The average molecular weight is 379 g/mol. The second-order valence-electron chi connectivity index (χ2n) is 6.01. The van der Waals surface area contributed by atoms with E-state index in [2.05, 4.69) is 10.3 Å². The largest absolute Gasteiger partial charge is 0.484 e. The number of halogens is 1. The van der Waals surface area contributed by atoms with Crippen molar-refractivity contribution in [1.82, 2.24) is 0 Å². The molecule has 0 fully saturated rings. The minimum atomic E-state index is -0.248. The number of amides is 1. The number of hydrogen-bond acceptors (Lipinski definition) is 3. The first kappa shape index (κ1) is 18.7. The molecule has 0 aliphatic heterocycles. The van der Waals surface area contributed by atoms with Crippen molar-refractivity contribution in [2.45, 2.75) is 6.92 Å². The van der Waals surface area contributed by atoms with Gasteiger partial charge < -0.3 is 10.1 Å². The molecule has 136 valence electrons. The predicted octanol–water partition coefficient (Wildman–Crippen LogP) is 5.42. The molecule has 0 aliphatic rings. The van der Waals surface area contributed by atoms with Crippen molar-refractivity contribution in [2.75, 3.05) is 11.9 Å². The SMILES string of the molecule is Cc1ccc(N=Cc2ccc(OCC(=O)Nc3cccc(Cl)c3)cc2)cc1. The van der Waals surface area contributed by atoms with Crippen molar-refractivity contribution in [3.8, 4) is 5.75 Å². The molecular weight excluding hydrogens is 360 g/mol. The topological polar surface area (TPSA) is 50.7 Å². The van der Waals surface area contributed by atoms with E-state index in [1.54, 1.807) is 30.5 Å². The number of anilines is 1. The van der Waals surface area contributed by atoms with Crippen LogP contribution in [0.15, 0.2) is 77.8 Å². The quantitative estimate of drug-likeness (QED) is 0.582. The van der Waals surface area contributed by atoms with Gasteiger partial charge in [-0.15, -0.1) is 0 Å². The number of carbonyl (C=O) groups excluding carboxylic acids is 1. The van der Waals surface area contributed by atoms with Crippen LogP contribution in [0.25, 0.3) is 0 Å². The second kappa shape index (κ2) is 9.01. The molecular formula is C22H19ClN2O2. The van der Waals surface area contributed by atoms with E-state index in [0.29, 0.717) is 16.5 Å². The highest BCUT2D eigenvalue weighted by Gasteiger charge is 2.04. The molecule has 0 spiro atoms. The zero-order chi connectivity index (χ0) is 19.1. The van der Waals surface area contributed by atoms with Crippen LogP contribution in [0.5, 0.6) is 5.75 Å². The molecule has 5 heteroatoms. The summed E-state index contributed by atoms with van der Waals surface area (Å²) in [5.74, 6) is 0.367. The molecule has 0 radical (unpaired) electrons. The van der Waals surface area contributed by atoms with Crippen molar-refractivity contribution in [2.24, 2.45) is 4.99 Å². The van der Waals surface area contributed by atoms with Crippen LogP contribution in [0.1, 0.15) is 11.1 Å². The van der Waals surface area contributed by atoms with Crippen molar-refractivity contribution in [3.05, 3.63) is 88.9 Å². The highest BCUT2D eigenvalue weighted by Crippen LogP contribution is 2.16. The molecule has 1 amide bonds. The Morgan fingerprint density at radius 2 is 1.81 bits per heavy atom. The van der Waals surface area contributed by atoms with Crippen LogP contribution in [0.3, 0.4) is 0 Å². The van der Waals surface area contributed by atoms with Gasteiger partial charge in [-0.05, 0) is 67.1 Å². The fourth-order valence-electron chi connectivity index (χ4n) is 2.34. The Kier molecular flexibility index (Phi) is 6.23. The number of nitrogens with one attached hydrogen (secondary N) is 1. The van der Waals surface area contributed by atoms with E-state index >= 15 is 0 Å². The van der Waals surface area contributed by atoms with Gasteiger partial charge >= 0.3 is 0 Å². The summed E-state index contributed by atoms with van der Waals surface area (Å²) in [6.07, 6.45) is 1.79. The number of benzene rings is 3. The number of nitrogens with zero attached hydrogens (tertiary/aromatic N) is 1. The zero-order valence-corrected chi connectivity index (χ0v) is 15.6. The first-order valence-corrected chi connectivity index (χ1v) is 8.85. The van der Waals surface area contributed by atoms with Gasteiger partial charge in [0.2, 0.25) is 0 Å². The van der Waals surface area contributed by atoms with Gasteiger partial charge in [-0.25, -0.2) is 0 Å². The summed E-state index contributed by atoms with van der Waals surface area (Å²) in [7, 11) is 0. The molecule has 0 aromatic heterocycles. The van der Waals surface area contributed by atoms with E-state index < -0.39 is 0 Å². The summed E-state index contributed by atoms with van der Waals surface area (Å²) in [6, 6.07) is 22.4. The fourth-order valence-corrected chi connectivity index (χ4v) is 2.53. The van der Waals surface area contributed by atoms with Crippen LogP contribution in [0.2, 0.25) is 5.02 Å². The maximum Gasteiger partial charge on any atom is 0.262 e. The summed E-state index contributed by atoms with van der Waals surface area (Å²) in [5.41, 5.74) is 3.69. The lowest BCUT2D eigenvalue weighted by atomic mass is 10.2. The Labute approximate surface area is 163 Å². The predicted molar refractivity (Wildman–Crippen MR) is 110 cm³/mol. The van der Waals surface area contributed by atoms with Crippen molar-refractivity contribution >= 4 is 35.1 Å². The molecule has 1 N–H and O–H groups in total. The van der Waals surface area contributed by atoms with E-state index in [0.717, 1.165) is 11.3 Å². The average Bonchev–Trinajstić information content (AvgIpc) is 2.67. The zero-order valence-electron chi connectivity index (χ0n) is 14.9. The lowest BCUT2D eigenvalue weighted by molar-refractivity contribution is -0.118. The van der Waals surface area contributed by atoms with Crippen molar-refractivity contribution < 1.29 is 9.53 Å². The molecule has 0 unspecified atom stereocenters. The molecule has 27 heavy (non-hydrogen) atoms. The number of aliphatic imine (C=N–C) groups is 1. The molecule has 0 bridgehead atoms. The molecule has 0 heterocycles. The third-order valence-electron chi connectivity index (χ3n) is 3.76. The second-order valence-corrected chi connectivity index (χ2v) is 6.45. The van der Waals surface area contributed by atoms with E-state index in [1.807, 2.05) is 55.5 Å². The van der Waals surface area contributed by atoms with Crippen LogP contribution in [0.4, 0.5) is 11.4 Å². The summed E-state index contributed by atoms with van der Waals surface area (Å²) >= 11 is 5.89. The Balaban J connectivity index is 1.51. The number of rotatable bonds is 6. The molecule has 0 atom stereocenters. The van der Waals surface area contributed by atoms with Crippen LogP contribution in [0, 0.1) is 6.92 Å². The number of aryl methyl sites for hydroxylation is 1. The number of carbonyl (C=O) groups is 1. The first-order valence-electron chi connectivity index (χ1n) is 8.47. The van der Waals surface area contributed by atoms with Gasteiger partial charge in [-0.3, -0.25) is 9.79 Å². The van der Waals surface area contributed by atoms with Gasteiger partial charge in [0.15, 0.2) is 6.61 Å². The lowest BCUT2D eigenvalue weighted by Gasteiger charge is -2.08. The summed E-state index contributed by atoms with van der Waals surface area (Å²) in [5, 5.41) is 3.30. The Bertz CT molecular complexity index is 935. The summed E-state index contributed by atoms with van der Waals surface area (Å²) in [6.45, 7) is 1.96. The number of ether oxygens (including phenoxy) is 1. The minimum absolute atomic E-state index is 0.0800. The standard InChI is InChI=1S/C22H19ClN2O2/c1-16-5-9-19(10-6-16)24-14-17-7-11-21(12-8-17)27-15-22(26)25-20-4-2-3-18(23)13-20/h2-14H,15H2,1H3,(H,25,26). The monoisotopic (exact) mass is 378 g/mol. The van der Waals surface area contributed by atoms with Crippen molar-refractivity contribution in [1.29, 1.82) is 0 Å². The Hall–Kier alpha value is -3.11. The Morgan fingerprint density at radius 1 is 1.07 bits per heavy atom. The van der Waals surface area contributed by atoms with Crippen LogP contribution >= 0.6 is 11.6 Å². The highest BCUT2D eigenvalue weighted by atomic mass is 35.5. The maximum atomic E-state index is 11.9. The minimum Gasteiger partial charge on any atom is -0.484 e. The van der Waals surface area contributed by atoms with E-state index in [-0.39, 0.29) is 12.5 Å². The van der Waals surface area contributed by atoms with E-state index in [4.69, 9.17) is 16.3 Å². The van der Waals surface area contributed by atoms with Crippen LogP contribution < -0.4 is 10.1 Å². The lowest BCUT2D eigenvalue weighted by Crippen LogP contribution is -2.20. The molecule has 4 nitrogen and oxygen atoms in total. The van der Waals surface area contributed by atoms with Gasteiger partial charge in [-0.2, -0.15) is 0 Å². The normalized spacial score (nSPS) is 10.7. The molecule has 0 aliphatic carbocycles. The summed E-state index contributed by atoms with van der Waals surface area (Å²) in [4.78, 5) is 16.4.